The van der Waals surface area contributed by atoms with Gasteiger partial charge in [0.1, 0.15) is 18.1 Å². The van der Waals surface area contributed by atoms with Crippen LogP contribution in [0.1, 0.15) is 30.4 Å². The Labute approximate surface area is 192 Å². The van der Waals surface area contributed by atoms with Crippen LogP contribution in [0.25, 0.3) is 11.3 Å². The number of aliphatic hydroxyl groups excluding tert-OH is 1. The van der Waals surface area contributed by atoms with E-state index in [-0.39, 0.29) is 48.1 Å². The van der Waals surface area contributed by atoms with Crippen LogP contribution in [0.2, 0.25) is 0 Å². The minimum absolute atomic E-state index is 0.0202. The minimum Gasteiger partial charge on any atom is -0.483 e. The second-order valence-corrected chi connectivity index (χ2v) is 7.98. The van der Waals surface area contributed by atoms with Gasteiger partial charge in [-0.15, -0.1) is 0 Å². The molecule has 1 fully saturated rings. The minimum atomic E-state index is -0.508. The Morgan fingerprint density at radius 2 is 1.88 bits per heavy atom. The summed E-state index contributed by atoms with van der Waals surface area (Å²) in [6.45, 7) is 2.22. The van der Waals surface area contributed by atoms with E-state index >= 15 is 0 Å². The quantitative estimate of drug-likeness (QED) is 0.546. The maximum absolute atomic E-state index is 15.0. The molecule has 1 aliphatic rings. The second-order valence-electron chi connectivity index (χ2n) is 7.98. The van der Waals surface area contributed by atoms with Crippen LogP contribution in [-0.4, -0.2) is 29.2 Å². The van der Waals surface area contributed by atoms with Crippen molar-refractivity contribution in [1.82, 2.24) is 4.57 Å². The number of benzene rings is 2. The van der Waals surface area contributed by atoms with Crippen molar-refractivity contribution in [2.45, 2.75) is 45.6 Å². The van der Waals surface area contributed by atoms with Crippen molar-refractivity contribution in [3.05, 3.63) is 81.8 Å². The van der Waals surface area contributed by atoms with Crippen LogP contribution in [0.5, 0.6) is 11.6 Å². The summed E-state index contributed by atoms with van der Waals surface area (Å²) in [7, 11) is 0. The molecule has 0 aliphatic carbocycles. The lowest BCUT2D eigenvalue weighted by molar-refractivity contribution is -0.109. The molecular formula is C26H28FNO5. The molecule has 0 radical (unpaired) electrons. The largest absolute Gasteiger partial charge is 0.483 e. The first-order chi connectivity index (χ1) is 16.1. The molecular weight excluding hydrogens is 425 g/mol. The van der Waals surface area contributed by atoms with Crippen molar-refractivity contribution in [1.29, 1.82) is 0 Å². The van der Waals surface area contributed by atoms with Gasteiger partial charge < -0.3 is 23.9 Å². The normalized spacial score (nSPS) is 15.9. The zero-order valence-electron chi connectivity index (χ0n) is 18.6. The molecule has 1 aromatic heterocycles. The first-order valence-corrected chi connectivity index (χ1v) is 11.2. The second kappa shape index (κ2) is 10.6. The predicted octanol–water partition coefficient (Wildman–Crippen LogP) is 4.44. The Balaban J connectivity index is 1.87. The van der Waals surface area contributed by atoms with Gasteiger partial charge in [-0.25, -0.2) is 4.39 Å². The van der Waals surface area contributed by atoms with Gasteiger partial charge in [0.2, 0.25) is 17.6 Å². The van der Waals surface area contributed by atoms with Crippen LogP contribution in [0.3, 0.4) is 0 Å². The SMILES string of the molecule is Cc1c(OC2CCCCO2)n(CCO)c(-c2ccccc2F)c(OCc2ccccc2)c1=O. The van der Waals surface area contributed by atoms with Crippen molar-refractivity contribution >= 4 is 0 Å². The van der Waals surface area contributed by atoms with E-state index < -0.39 is 12.1 Å². The molecule has 2 aromatic carbocycles. The molecule has 1 N–H and O–H groups in total. The zero-order chi connectivity index (χ0) is 23.2. The van der Waals surface area contributed by atoms with Crippen molar-refractivity contribution in [2.75, 3.05) is 13.2 Å². The van der Waals surface area contributed by atoms with E-state index in [1.54, 1.807) is 29.7 Å². The number of rotatable bonds is 8. The van der Waals surface area contributed by atoms with Gasteiger partial charge in [-0.3, -0.25) is 4.79 Å². The Kier molecular flexibility index (Phi) is 7.42. The summed E-state index contributed by atoms with van der Waals surface area (Å²) < 4.78 is 34.4. The summed E-state index contributed by atoms with van der Waals surface area (Å²) in [6, 6.07) is 15.6. The summed E-state index contributed by atoms with van der Waals surface area (Å²) in [5, 5.41) is 9.83. The highest BCUT2D eigenvalue weighted by atomic mass is 19.1. The summed E-state index contributed by atoms with van der Waals surface area (Å²) in [4.78, 5) is 13.5. The molecule has 3 aromatic rings. The third-order valence-corrected chi connectivity index (χ3v) is 5.66. The molecule has 1 unspecified atom stereocenters. The van der Waals surface area contributed by atoms with Crippen molar-refractivity contribution in [3.63, 3.8) is 0 Å². The molecule has 33 heavy (non-hydrogen) atoms. The fourth-order valence-corrected chi connectivity index (χ4v) is 3.98. The highest BCUT2D eigenvalue weighted by molar-refractivity contribution is 5.69. The number of hydrogen-bond donors (Lipinski definition) is 1. The van der Waals surface area contributed by atoms with Crippen LogP contribution in [0.4, 0.5) is 4.39 Å². The van der Waals surface area contributed by atoms with Crippen LogP contribution < -0.4 is 14.9 Å². The Morgan fingerprint density at radius 1 is 1.12 bits per heavy atom. The summed E-state index contributed by atoms with van der Waals surface area (Å²) in [5.41, 5.74) is 1.24. The fourth-order valence-electron chi connectivity index (χ4n) is 3.98. The Bertz CT molecular complexity index is 1140. The van der Waals surface area contributed by atoms with E-state index in [4.69, 9.17) is 14.2 Å². The van der Waals surface area contributed by atoms with Crippen LogP contribution >= 0.6 is 0 Å². The van der Waals surface area contributed by atoms with Gasteiger partial charge >= 0.3 is 0 Å². The molecule has 0 spiro atoms. The van der Waals surface area contributed by atoms with E-state index in [0.29, 0.717) is 18.6 Å². The molecule has 1 atom stereocenters. The molecule has 6 nitrogen and oxygen atoms in total. The molecule has 0 amide bonds. The van der Waals surface area contributed by atoms with E-state index in [9.17, 15) is 14.3 Å². The summed E-state index contributed by atoms with van der Waals surface area (Å²) in [6.07, 6.45) is 2.08. The molecule has 1 saturated heterocycles. The van der Waals surface area contributed by atoms with Crippen LogP contribution in [0.15, 0.2) is 59.4 Å². The highest BCUT2D eigenvalue weighted by Crippen LogP contribution is 2.36. The third kappa shape index (κ3) is 5.10. The van der Waals surface area contributed by atoms with Gasteiger partial charge in [0.25, 0.3) is 0 Å². The first-order valence-electron chi connectivity index (χ1n) is 11.2. The lowest BCUT2D eigenvalue weighted by Crippen LogP contribution is -2.29. The average molecular weight is 454 g/mol. The number of halogens is 1. The van der Waals surface area contributed by atoms with Crippen molar-refractivity contribution < 1.29 is 23.7 Å². The van der Waals surface area contributed by atoms with E-state index in [1.165, 1.54) is 6.07 Å². The Morgan fingerprint density at radius 3 is 2.58 bits per heavy atom. The highest BCUT2D eigenvalue weighted by Gasteiger charge is 2.27. The maximum Gasteiger partial charge on any atom is 0.230 e. The fraction of sp³-hybridized carbons (Fsp3) is 0.346. The van der Waals surface area contributed by atoms with E-state index in [1.807, 2.05) is 30.3 Å². The Hall–Kier alpha value is -3.16. The van der Waals surface area contributed by atoms with Gasteiger partial charge in [-0.05, 0) is 37.5 Å². The van der Waals surface area contributed by atoms with Gasteiger partial charge in [-0.1, -0.05) is 42.5 Å². The van der Waals surface area contributed by atoms with Crippen molar-refractivity contribution in [2.24, 2.45) is 0 Å². The van der Waals surface area contributed by atoms with Gasteiger partial charge in [-0.2, -0.15) is 0 Å². The molecule has 7 heteroatoms. The lowest BCUT2D eigenvalue weighted by atomic mass is 10.1. The summed E-state index contributed by atoms with van der Waals surface area (Å²) >= 11 is 0. The lowest BCUT2D eigenvalue weighted by Gasteiger charge is -2.28. The molecule has 0 bridgehead atoms. The molecule has 2 heterocycles. The first kappa shape index (κ1) is 23.0. The van der Waals surface area contributed by atoms with Gasteiger partial charge in [0.15, 0.2) is 5.75 Å². The molecule has 174 valence electrons. The predicted molar refractivity (Wildman–Crippen MR) is 123 cm³/mol. The number of ether oxygens (including phenoxy) is 3. The monoisotopic (exact) mass is 453 g/mol. The van der Waals surface area contributed by atoms with Crippen LogP contribution in [-0.2, 0) is 17.9 Å². The summed E-state index contributed by atoms with van der Waals surface area (Å²) in [5.74, 6) is -0.227. The van der Waals surface area contributed by atoms with Crippen LogP contribution in [0, 0.1) is 12.7 Å². The molecule has 1 aliphatic heterocycles. The molecule has 0 saturated carbocycles. The topological polar surface area (TPSA) is 69.9 Å². The standard InChI is InChI=1S/C26H28FNO5/c1-18-24(30)25(32-17-19-9-3-2-4-10-19)23(20-11-5-6-12-21(20)27)28(14-15-29)26(18)33-22-13-7-8-16-31-22/h2-6,9-12,22,29H,7-8,13-17H2,1H3. The number of pyridine rings is 1. The van der Waals surface area contributed by atoms with E-state index in [2.05, 4.69) is 0 Å². The third-order valence-electron chi connectivity index (χ3n) is 5.66. The van der Waals surface area contributed by atoms with Gasteiger partial charge in [0.05, 0.1) is 18.8 Å². The number of hydrogen-bond acceptors (Lipinski definition) is 5. The number of nitrogens with zero attached hydrogens (tertiary/aromatic N) is 1. The average Bonchev–Trinajstić information content (AvgIpc) is 2.85. The maximum atomic E-state index is 15.0. The van der Waals surface area contributed by atoms with Gasteiger partial charge in [0, 0.05) is 18.5 Å². The van der Waals surface area contributed by atoms with Crippen molar-refractivity contribution in [3.8, 4) is 22.9 Å². The zero-order valence-corrected chi connectivity index (χ0v) is 18.6. The number of aromatic nitrogens is 1. The smallest absolute Gasteiger partial charge is 0.230 e. The number of aliphatic hydroxyl groups is 1. The van der Waals surface area contributed by atoms with E-state index in [0.717, 1.165) is 18.4 Å². The molecule has 4 rings (SSSR count).